The van der Waals surface area contributed by atoms with Crippen LogP contribution >= 0.6 is 0 Å². The van der Waals surface area contributed by atoms with Gasteiger partial charge in [0.2, 0.25) is 0 Å². The SMILES string of the molecule is C/C=C/c1cccc(-c2c(-c3ccc(C(C)=O)cc3)cccc2-c2ccc(C(C)=O)cc2)n1. The number of benzene rings is 3. The maximum atomic E-state index is 11.8. The molecule has 3 aromatic carbocycles. The number of rotatable bonds is 6. The number of aromatic nitrogens is 1. The van der Waals surface area contributed by atoms with E-state index >= 15 is 0 Å². The summed E-state index contributed by atoms with van der Waals surface area (Å²) in [7, 11) is 0. The van der Waals surface area contributed by atoms with Crippen molar-refractivity contribution < 1.29 is 9.59 Å². The molecule has 0 N–H and O–H groups in total. The van der Waals surface area contributed by atoms with Crippen molar-refractivity contribution in [3.63, 3.8) is 0 Å². The van der Waals surface area contributed by atoms with Crippen LogP contribution in [0.25, 0.3) is 39.6 Å². The van der Waals surface area contributed by atoms with Crippen LogP contribution in [0.1, 0.15) is 47.2 Å². The van der Waals surface area contributed by atoms with Crippen LogP contribution in [0.15, 0.2) is 91.0 Å². The Morgan fingerprint density at radius 2 is 1.15 bits per heavy atom. The first kappa shape index (κ1) is 22.1. The molecule has 1 heterocycles. The molecule has 0 fully saturated rings. The van der Waals surface area contributed by atoms with E-state index in [2.05, 4.69) is 12.1 Å². The van der Waals surface area contributed by atoms with Crippen LogP contribution < -0.4 is 0 Å². The van der Waals surface area contributed by atoms with Crippen LogP contribution in [-0.2, 0) is 0 Å². The third kappa shape index (κ3) is 4.73. The number of hydrogen-bond donors (Lipinski definition) is 0. The highest BCUT2D eigenvalue weighted by molar-refractivity contribution is 5.98. The second-order valence-corrected chi connectivity index (χ2v) is 7.94. The van der Waals surface area contributed by atoms with Crippen LogP contribution in [0.4, 0.5) is 0 Å². The Hall–Kier alpha value is -4.11. The average Bonchev–Trinajstić information content (AvgIpc) is 2.84. The molecule has 3 heteroatoms. The van der Waals surface area contributed by atoms with E-state index in [9.17, 15) is 9.59 Å². The Balaban J connectivity index is 1.95. The summed E-state index contributed by atoms with van der Waals surface area (Å²) >= 11 is 0. The second kappa shape index (κ2) is 9.58. The largest absolute Gasteiger partial charge is 0.295 e. The topological polar surface area (TPSA) is 47.0 Å². The Bertz CT molecular complexity index is 1270. The van der Waals surface area contributed by atoms with Gasteiger partial charge in [-0.3, -0.25) is 9.59 Å². The zero-order valence-electron chi connectivity index (χ0n) is 19.0. The predicted molar refractivity (Wildman–Crippen MR) is 135 cm³/mol. The number of nitrogens with zero attached hydrogens (tertiary/aromatic N) is 1. The van der Waals surface area contributed by atoms with Gasteiger partial charge in [-0.15, -0.1) is 0 Å². The molecule has 0 atom stereocenters. The van der Waals surface area contributed by atoms with E-state index in [1.807, 2.05) is 91.9 Å². The molecule has 1 aromatic heterocycles. The van der Waals surface area contributed by atoms with Crippen LogP contribution in [0.2, 0.25) is 0 Å². The molecule has 0 saturated carbocycles. The minimum Gasteiger partial charge on any atom is -0.295 e. The number of ketones is 2. The van der Waals surface area contributed by atoms with Crippen LogP contribution in [0, 0.1) is 0 Å². The first-order chi connectivity index (χ1) is 16.0. The van der Waals surface area contributed by atoms with Crippen molar-refractivity contribution in [2.75, 3.05) is 0 Å². The van der Waals surface area contributed by atoms with Gasteiger partial charge in [0.15, 0.2) is 11.6 Å². The van der Waals surface area contributed by atoms with Crippen molar-refractivity contribution in [1.29, 1.82) is 0 Å². The zero-order chi connectivity index (χ0) is 23.4. The lowest BCUT2D eigenvalue weighted by Gasteiger charge is -2.16. The summed E-state index contributed by atoms with van der Waals surface area (Å²) in [5.41, 5.74) is 8.21. The summed E-state index contributed by atoms with van der Waals surface area (Å²) in [4.78, 5) is 28.4. The number of carbonyl (C=O) groups is 2. The maximum absolute atomic E-state index is 11.8. The molecule has 0 spiro atoms. The lowest BCUT2D eigenvalue weighted by atomic mass is 9.89. The van der Waals surface area contributed by atoms with Crippen LogP contribution in [0.5, 0.6) is 0 Å². The normalized spacial score (nSPS) is 11.0. The van der Waals surface area contributed by atoms with Gasteiger partial charge in [0.05, 0.1) is 11.4 Å². The first-order valence-corrected chi connectivity index (χ1v) is 10.9. The molecule has 4 rings (SSSR count). The van der Waals surface area contributed by atoms with E-state index in [4.69, 9.17) is 4.98 Å². The number of allylic oxidation sites excluding steroid dienone is 1. The van der Waals surface area contributed by atoms with E-state index in [1.54, 1.807) is 13.8 Å². The molecule has 0 bridgehead atoms. The smallest absolute Gasteiger partial charge is 0.159 e. The fraction of sp³-hybridized carbons (Fsp3) is 0.100. The summed E-state index contributed by atoms with van der Waals surface area (Å²) in [5, 5.41) is 0. The van der Waals surface area contributed by atoms with Crippen LogP contribution in [0.3, 0.4) is 0 Å². The molecule has 0 radical (unpaired) electrons. The molecule has 0 saturated heterocycles. The van der Waals surface area contributed by atoms with Gasteiger partial charge in [0.25, 0.3) is 0 Å². The van der Waals surface area contributed by atoms with E-state index < -0.39 is 0 Å². The fourth-order valence-corrected chi connectivity index (χ4v) is 3.93. The molecule has 0 aliphatic heterocycles. The zero-order valence-corrected chi connectivity index (χ0v) is 19.0. The van der Waals surface area contributed by atoms with Crippen molar-refractivity contribution in [2.45, 2.75) is 20.8 Å². The molecule has 0 unspecified atom stereocenters. The Kier molecular flexibility index (Phi) is 6.41. The molecule has 0 amide bonds. The highest BCUT2D eigenvalue weighted by atomic mass is 16.1. The summed E-state index contributed by atoms with van der Waals surface area (Å²) < 4.78 is 0. The molecular weight excluding hydrogens is 406 g/mol. The number of pyridine rings is 1. The van der Waals surface area contributed by atoms with E-state index in [1.165, 1.54) is 0 Å². The third-order valence-electron chi connectivity index (χ3n) is 5.63. The number of carbonyl (C=O) groups excluding carboxylic acids is 2. The standard InChI is InChI=1S/C30H25NO2/c1-4-7-26-8-5-11-29(31-26)30-27(24-16-12-22(13-17-24)20(2)32)9-6-10-28(30)25-18-14-23(15-19-25)21(3)33/h4-19H,1-3H3/b7-4+. The summed E-state index contributed by atoms with van der Waals surface area (Å²) in [6.45, 7) is 5.12. The number of Topliss-reactive ketones (excluding diaryl/α,β-unsaturated/α-hetero) is 2. The van der Waals surface area contributed by atoms with Crippen molar-refractivity contribution in [1.82, 2.24) is 4.98 Å². The van der Waals surface area contributed by atoms with Gasteiger partial charge in [-0.25, -0.2) is 4.98 Å². The van der Waals surface area contributed by atoms with E-state index in [-0.39, 0.29) is 11.6 Å². The lowest BCUT2D eigenvalue weighted by Crippen LogP contribution is -1.96. The Morgan fingerprint density at radius 1 is 0.667 bits per heavy atom. The molecule has 4 aromatic rings. The van der Waals surface area contributed by atoms with Gasteiger partial charge in [0, 0.05) is 16.7 Å². The fourth-order valence-electron chi connectivity index (χ4n) is 3.93. The summed E-state index contributed by atoms with van der Waals surface area (Å²) in [6.07, 6.45) is 3.95. The van der Waals surface area contributed by atoms with Gasteiger partial charge >= 0.3 is 0 Å². The molecule has 3 nitrogen and oxygen atoms in total. The lowest BCUT2D eigenvalue weighted by molar-refractivity contribution is 0.100. The molecule has 0 aliphatic rings. The highest BCUT2D eigenvalue weighted by Gasteiger charge is 2.16. The van der Waals surface area contributed by atoms with E-state index in [0.717, 1.165) is 39.2 Å². The van der Waals surface area contributed by atoms with E-state index in [0.29, 0.717) is 11.1 Å². The van der Waals surface area contributed by atoms with Crippen LogP contribution in [-0.4, -0.2) is 16.6 Å². The van der Waals surface area contributed by atoms with Gasteiger partial charge < -0.3 is 0 Å². The van der Waals surface area contributed by atoms with Crippen molar-refractivity contribution in [3.05, 3.63) is 108 Å². The molecular formula is C30H25NO2. The number of hydrogen-bond acceptors (Lipinski definition) is 3. The molecule has 33 heavy (non-hydrogen) atoms. The molecule has 0 aliphatic carbocycles. The average molecular weight is 432 g/mol. The van der Waals surface area contributed by atoms with Gasteiger partial charge in [-0.1, -0.05) is 78.9 Å². The minimum atomic E-state index is 0.0433. The second-order valence-electron chi connectivity index (χ2n) is 7.94. The molecule has 162 valence electrons. The highest BCUT2D eigenvalue weighted by Crippen LogP contribution is 2.39. The Morgan fingerprint density at radius 3 is 1.61 bits per heavy atom. The summed E-state index contributed by atoms with van der Waals surface area (Å²) in [5.74, 6) is 0.0867. The van der Waals surface area contributed by atoms with Gasteiger partial charge in [-0.05, 0) is 61.2 Å². The van der Waals surface area contributed by atoms with Crippen molar-refractivity contribution in [3.8, 4) is 33.5 Å². The van der Waals surface area contributed by atoms with Gasteiger partial charge in [0.1, 0.15) is 0 Å². The van der Waals surface area contributed by atoms with Gasteiger partial charge in [-0.2, -0.15) is 0 Å². The monoisotopic (exact) mass is 431 g/mol. The Labute approximate surface area is 194 Å². The quantitative estimate of drug-likeness (QED) is 0.297. The maximum Gasteiger partial charge on any atom is 0.159 e. The van der Waals surface area contributed by atoms with Crippen molar-refractivity contribution in [2.24, 2.45) is 0 Å². The third-order valence-corrected chi connectivity index (χ3v) is 5.63. The summed E-state index contributed by atoms with van der Waals surface area (Å²) in [6, 6.07) is 27.6. The van der Waals surface area contributed by atoms with Crippen molar-refractivity contribution >= 4 is 17.6 Å². The first-order valence-electron chi connectivity index (χ1n) is 10.9. The minimum absolute atomic E-state index is 0.0433. The predicted octanol–water partition coefficient (Wildman–Crippen LogP) is 7.52.